The molecule has 0 radical (unpaired) electrons. The maximum atomic E-state index is 6.31. The summed E-state index contributed by atoms with van der Waals surface area (Å²) < 4.78 is 0. The zero-order valence-electron chi connectivity index (χ0n) is 13.6. The average molecular weight is 267 g/mol. The second-order valence-electron chi connectivity index (χ2n) is 7.74. The van der Waals surface area contributed by atoms with Gasteiger partial charge in [0, 0.05) is 31.2 Å². The lowest BCUT2D eigenvalue weighted by atomic mass is 9.62. The molecule has 3 heteroatoms. The molecule has 2 fully saturated rings. The van der Waals surface area contributed by atoms with E-state index in [1.165, 1.54) is 38.8 Å². The zero-order chi connectivity index (χ0) is 14.3. The molecule has 3 nitrogen and oxygen atoms in total. The second kappa shape index (κ2) is 5.34. The van der Waals surface area contributed by atoms with Crippen molar-refractivity contribution in [3.63, 3.8) is 0 Å². The molecule has 1 aliphatic heterocycles. The number of hydrogen-bond donors (Lipinski definition) is 1. The predicted molar refractivity (Wildman–Crippen MR) is 82.2 cm³/mol. The fourth-order valence-electron chi connectivity index (χ4n) is 4.62. The number of nitrogens with zero attached hydrogens (tertiary/aromatic N) is 2. The molecular formula is C16H33N3. The zero-order valence-corrected chi connectivity index (χ0v) is 13.6. The normalized spacial score (nSPS) is 39.9. The van der Waals surface area contributed by atoms with Gasteiger partial charge < -0.3 is 10.6 Å². The number of likely N-dealkylation sites (N-methyl/N-ethyl adjacent to an activating group) is 1. The molecule has 112 valence electrons. The topological polar surface area (TPSA) is 32.5 Å². The number of hydrogen-bond acceptors (Lipinski definition) is 3. The van der Waals surface area contributed by atoms with E-state index in [0.29, 0.717) is 11.5 Å². The minimum Gasteiger partial charge on any atom is -0.329 e. The molecule has 2 aliphatic rings. The highest BCUT2D eigenvalue weighted by Crippen LogP contribution is 2.48. The predicted octanol–water partition coefficient (Wildman–Crippen LogP) is 2.17. The summed E-state index contributed by atoms with van der Waals surface area (Å²) in [6.07, 6.45) is 5.32. The molecule has 1 saturated heterocycles. The van der Waals surface area contributed by atoms with E-state index in [9.17, 15) is 0 Å². The van der Waals surface area contributed by atoms with Gasteiger partial charge in [-0.15, -0.1) is 0 Å². The molecule has 3 unspecified atom stereocenters. The molecule has 0 aromatic carbocycles. The highest BCUT2D eigenvalue weighted by atomic mass is 15.3. The summed E-state index contributed by atoms with van der Waals surface area (Å²) >= 11 is 0. The highest BCUT2D eigenvalue weighted by Gasteiger charge is 2.52. The van der Waals surface area contributed by atoms with Crippen LogP contribution < -0.4 is 5.73 Å². The molecule has 1 saturated carbocycles. The lowest BCUT2D eigenvalue weighted by molar-refractivity contribution is -0.0341. The van der Waals surface area contributed by atoms with Crippen molar-refractivity contribution in [2.24, 2.45) is 17.1 Å². The first-order chi connectivity index (χ1) is 8.84. The summed E-state index contributed by atoms with van der Waals surface area (Å²) in [6.45, 7) is 10.5. The molecule has 0 bridgehead atoms. The SMILES string of the molecule is CC1CN(C2(CN)CCCCC2(C)C)CC1N(C)C. The molecule has 2 rings (SSSR count). The van der Waals surface area contributed by atoms with Gasteiger partial charge in [0.15, 0.2) is 0 Å². The average Bonchev–Trinajstić information content (AvgIpc) is 2.71. The molecule has 0 spiro atoms. The Bertz CT molecular complexity index is 313. The van der Waals surface area contributed by atoms with Crippen molar-refractivity contribution in [1.82, 2.24) is 9.80 Å². The third kappa shape index (κ3) is 2.45. The fraction of sp³-hybridized carbons (Fsp3) is 1.00. The van der Waals surface area contributed by atoms with Crippen molar-refractivity contribution < 1.29 is 0 Å². The van der Waals surface area contributed by atoms with Gasteiger partial charge in [-0.25, -0.2) is 0 Å². The van der Waals surface area contributed by atoms with Gasteiger partial charge in [-0.2, -0.15) is 0 Å². The molecule has 0 aromatic rings. The van der Waals surface area contributed by atoms with Crippen LogP contribution >= 0.6 is 0 Å². The van der Waals surface area contributed by atoms with Crippen LogP contribution in [0.2, 0.25) is 0 Å². The quantitative estimate of drug-likeness (QED) is 0.850. The molecule has 19 heavy (non-hydrogen) atoms. The maximum Gasteiger partial charge on any atom is 0.0383 e. The van der Waals surface area contributed by atoms with Crippen LogP contribution in [0, 0.1) is 11.3 Å². The first-order valence-corrected chi connectivity index (χ1v) is 7.95. The van der Waals surface area contributed by atoms with Gasteiger partial charge in [-0.3, -0.25) is 4.90 Å². The fourth-order valence-corrected chi connectivity index (χ4v) is 4.62. The van der Waals surface area contributed by atoms with Gasteiger partial charge in [0.05, 0.1) is 0 Å². The standard InChI is InChI=1S/C16H33N3/c1-13-10-19(11-14(13)18(4)5)16(12-17)9-7-6-8-15(16,2)3/h13-14H,6-12,17H2,1-5H3. The van der Waals surface area contributed by atoms with Gasteiger partial charge in [0.1, 0.15) is 0 Å². The second-order valence-corrected chi connectivity index (χ2v) is 7.74. The van der Waals surface area contributed by atoms with Crippen LogP contribution in [0.4, 0.5) is 0 Å². The van der Waals surface area contributed by atoms with Crippen molar-refractivity contribution >= 4 is 0 Å². The summed E-state index contributed by atoms with van der Waals surface area (Å²) in [7, 11) is 4.43. The summed E-state index contributed by atoms with van der Waals surface area (Å²) in [5, 5.41) is 0. The summed E-state index contributed by atoms with van der Waals surface area (Å²) in [5.74, 6) is 0.746. The van der Waals surface area contributed by atoms with Crippen molar-refractivity contribution in [3.8, 4) is 0 Å². The smallest absolute Gasteiger partial charge is 0.0383 e. The highest BCUT2D eigenvalue weighted by molar-refractivity contribution is 5.08. The van der Waals surface area contributed by atoms with E-state index in [1.807, 2.05) is 0 Å². The lowest BCUT2D eigenvalue weighted by Crippen LogP contribution is -2.63. The van der Waals surface area contributed by atoms with Gasteiger partial charge in [0.25, 0.3) is 0 Å². The monoisotopic (exact) mass is 267 g/mol. The van der Waals surface area contributed by atoms with Crippen LogP contribution in [0.15, 0.2) is 0 Å². The molecular weight excluding hydrogens is 234 g/mol. The van der Waals surface area contributed by atoms with Crippen LogP contribution in [0.25, 0.3) is 0 Å². The van der Waals surface area contributed by atoms with Crippen molar-refractivity contribution in [2.45, 2.75) is 58.0 Å². The Morgan fingerprint density at radius 2 is 1.79 bits per heavy atom. The molecule has 3 atom stereocenters. The maximum absolute atomic E-state index is 6.31. The van der Waals surface area contributed by atoms with E-state index in [0.717, 1.165) is 12.5 Å². The summed E-state index contributed by atoms with van der Waals surface area (Å²) in [4.78, 5) is 5.13. The Kier molecular flexibility index (Phi) is 4.29. The molecule has 0 aromatic heterocycles. The van der Waals surface area contributed by atoms with Crippen LogP contribution in [0.1, 0.15) is 46.5 Å². The largest absolute Gasteiger partial charge is 0.329 e. The Balaban J connectivity index is 2.23. The van der Waals surface area contributed by atoms with E-state index >= 15 is 0 Å². The van der Waals surface area contributed by atoms with Crippen molar-refractivity contribution in [2.75, 3.05) is 33.7 Å². The lowest BCUT2D eigenvalue weighted by Gasteiger charge is -2.55. The molecule has 1 aliphatic carbocycles. The third-order valence-corrected chi connectivity index (χ3v) is 6.08. The third-order valence-electron chi connectivity index (χ3n) is 6.08. The van der Waals surface area contributed by atoms with Crippen LogP contribution in [-0.4, -0.2) is 55.1 Å². The Hall–Kier alpha value is -0.120. The van der Waals surface area contributed by atoms with Gasteiger partial charge in [-0.05, 0) is 38.3 Å². The first kappa shape index (κ1) is 15.3. The number of rotatable bonds is 3. The van der Waals surface area contributed by atoms with E-state index in [1.54, 1.807) is 0 Å². The van der Waals surface area contributed by atoms with Crippen molar-refractivity contribution in [3.05, 3.63) is 0 Å². The van der Waals surface area contributed by atoms with Gasteiger partial charge in [-0.1, -0.05) is 33.6 Å². The van der Waals surface area contributed by atoms with Crippen LogP contribution in [-0.2, 0) is 0 Å². The van der Waals surface area contributed by atoms with E-state index in [-0.39, 0.29) is 5.54 Å². The van der Waals surface area contributed by atoms with Crippen LogP contribution in [0.3, 0.4) is 0 Å². The minimum absolute atomic E-state index is 0.226. The van der Waals surface area contributed by atoms with Gasteiger partial charge in [0.2, 0.25) is 0 Å². The Morgan fingerprint density at radius 3 is 2.26 bits per heavy atom. The summed E-state index contributed by atoms with van der Waals surface area (Å²) in [6, 6.07) is 0.682. The van der Waals surface area contributed by atoms with Gasteiger partial charge >= 0.3 is 0 Å². The van der Waals surface area contributed by atoms with E-state index < -0.39 is 0 Å². The minimum atomic E-state index is 0.226. The van der Waals surface area contributed by atoms with E-state index in [2.05, 4.69) is 44.7 Å². The van der Waals surface area contributed by atoms with Crippen molar-refractivity contribution in [1.29, 1.82) is 0 Å². The number of likely N-dealkylation sites (tertiary alicyclic amines) is 1. The summed E-state index contributed by atoms with van der Waals surface area (Å²) in [5.41, 5.74) is 6.88. The Morgan fingerprint density at radius 1 is 1.16 bits per heavy atom. The molecule has 0 amide bonds. The molecule has 1 heterocycles. The first-order valence-electron chi connectivity index (χ1n) is 7.95. The Labute approximate surface area is 119 Å². The van der Waals surface area contributed by atoms with E-state index in [4.69, 9.17) is 5.73 Å². The van der Waals surface area contributed by atoms with Crippen LogP contribution in [0.5, 0.6) is 0 Å². The number of nitrogens with two attached hydrogens (primary N) is 1. The molecule has 2 N–H and O–H groups in total.